The molecule has 6 nitrogen and oxygen atoms in total. The standard InChI is InChI=1S/C23H28N2O4/c1-3-5-14-29-20-12-11-17(15-21(20)28-4-2)23(27)24-18-8-6-9-19(16-18)25-13-7-10-22(25)26/h6,8-9,11-12,15-16H,3-5,7,10,13-14H2,1-2H3,(H,24,27). The zero-order valence-electron chi connectivity index (χ0n) is 17.1. The van der Waals surface area contributed by atoms with Crippen molar-refractivity contribution in [1.29, 1.82) is 0 Å². The number of hydrogen-bond acceptors (Lipinski definition) is 4. The van der Waals surface area contributed by atoms with Crippen molar-refractivity contribution in [2.75, 3.05) is 30.0 Å². The zero-order valence-corrected chi connectivity index (χ0v) is 17.1. The van der Waals surface area contributed by atoms with Crippen LogP contribution in [0.5, 0.6) is 11.5 Å². The Bertz CT molecular complexity index is 866. The van der Waals surface area contributed by atoms with Crippen LogP contribution in [0.3, 0.4) is 0 Å². The van der Waals surface area contributed by atoms with Gasteiger partial charge in [0.05, 0.1) is 13.2 Å². The van der Waals surface area contributed by atoms with Crippen LogP contribution < -0.4 is 19.7 Å². The quantitative estimate of drug-likeness (QED) is 0.627. The van der Waals surface area contributed by atoms with E-state index in [1.165, 1.54) is 0 Å². The van der Waals surface area contributed by atoms with E-state index in [0.717, 1.165) is 24.9 Å². The molecule has 3 rings (SSSR count). The van der Waals surface area contributed by atoms with Crippen LogP contribution in [0.2, 0.25) is 0 Å². The van der Waals surface area contributed by atoms with Crippen LogP contribution in [0, 0.1) is 0 Å². The predicted molar refractivity (Wildman–Crippen MR) is 114 cm³/mol. The van der Waals surface area contributed by atoms with Gasteiger partial charge in [0.25, 0.3) is 5.91 Å². The first-order chi connectivity index (χ1) is 14.1. The summed E-state index contributed by atoms with van der Waals surface area (Å²) in [6, 6.07) is 12.6. The van der Waals surface area contributed by atoms with E-state index < -0.39 is 0 Å². The summed E-state index contributed by atoms with van der Waals surface area (Å²) in [6.45, 7) is 5.82. The molecular weight excluding hydrogens is 368 g/mol. The summed E-state index contributed by atoms with van der Waals surface area (Å²) in [5.74, 6) is 1.09. The van der Waals surface area contributed by atoms with E-state index in [-0.39, 0.29) is 11.8 Å². The van der Waals surface area contributed by atoms with E-state index in [0.29, 0.717) is 48.9 Å². The number of unbranched alkanes of at least 4 members (excludes halogenated alkanes) is 1. The molecule has 1 heterocycles. The average Bonchev–Trinajstić information content (AvgIpc) is 3.15. The first kappa shape index (κ1) is 20.7. The van der Waals surface area contributed by atoms with E-state index in [4.69, 9.17) is 9.47 Å². The predicted octanol–water partition coefficient (Wildman–Crippen LogP) is 4.64. The molecule has 2 aromatic rings. The first-order valence-electron chi connectivity index (χ1n) is 10.2. The molecule has 0 spiro atoms. The highest BCUT2D eigenvalue weighted by atomic mass is 16.5. The van der Waals surface area contributed by atoms with Crippen LogP contribution in [-0.4, -0.2) is 31.6 Å². The van der Waals surface area contributed by atoms with E-state index in [1.54, 1.807) is 23.1 Å². The third kappa shape index (κ3) is 5.28. The lowest BCUT2D eigenvalue weighted by Gasteiger charge is -2.17. The van der Waals surface area contributed by atoms with E-state index >= 15 is 0 Å². The fourth-order valence-corrected chi connectivity index (χ4v) is 3.24. The van der Waals surface area contributed by atoms with Crippen molar-refractivity contribution in [1.82, 2.24) is 0 Å². The second-order valence-electron chi connectivity index (χ2n) is 6.95. The van der Waals surface area contributed by atoms with Gasteiger partial charge in [0.2, 0.25) is 5.91 Å². The molecule has 2 aromatic carbocycles. The van der Waals surface area contributed by atoms with Gasteiger partial charge in [-0.2, -0.15) is 0 Å². The van der Waals surface area contributed by atoms with Crippen molar-refractivity contribution in [3.8, 4) is 11.5 Å². The highest BCUT2D eigenvalue weighted by molar-refractivity contribution is 6.05. The Morgan fingerprint density at radius 2 is 1.97 bits per heavy atom. The number of anilines is 2. The third-order valence-corrected chi connectivity index (χ3v) is 4.75. The molecule has 0 radical (unpaired) electrons. The van der Waals surface area contributed by atoms with Gasteiger partial charge in [-0.1, -0.05) is 19.4 Å². The average molecular weight is 396 g/mol. The number of nitrogens with zero attached hydrogens (tertiary/aromatic N) is 1. The smallest absolute Gasteiger partial charge is 0.255 e. The summed E-state index contributed by atoms with van der Waals surface area (Å²) in [6.07, 6.45) is 3.45. The van der Waals surface area contributed by atoms with Gasteiger partial charge >= 0.3 is 0 Å². The Balaban J connectivity index is 1.73. The maximum absolute atomic E-state index is 12.8. The Kier molecular flexibility index (Phi) is 7.11. The second-order valence-corrected chi connectivity index (χ2v) is 6.95. The molecule has 1 fully saturated rings. The molecule has 154 valence electrons. The van der Waals surface area contributed by atoms with Crippen LogP contribution in [0.4, 0.5) is 11.4 Å². The van der Waals surface area contributed by atoms with Gasteiger partial charge in [-0.3, -0.25) is 9.59 Å². The summed E-state index contributed by atoms with van der Waals surface area (Å²) in [4.78, 5) is 26.5. The van der Waals surface area contributed by atoms with Gasteiger partial charge in [-0.05, 0) is 56.2 Å². The molecule has 0 unspecified atom stereocenters. The zero-order chi connectivity index (χ0) is 20.6. The highest BCUT2D eigenvalue weighted by Crippen LogP contribution is 2.30. The second kappa shape index (κ2) is 9.96. The SMILES string of the molecule is CCCCOc1ccc(C(=O)Nc2cccc(N3CCCC3=O)c2)cc1OCC. The Morgan fingerprint density at radius 3 is 2.69 bits per heavy atom. The molecule has 0 saturated carbocycles. The first-order valence-corrected chi connectivity index (χ1v) is 10.2. The number of rotatable bonds is 9. The number of amides is 2. The van der Waals surface area contributed by atoms with Crippen LogP contribution in [-0.2, 0) is 4.79 Å². The molecule has 1 aliphatic heterocycles. The lowest BCUT2D eigenvalue weighted by molar-refractivity contribution is -0.117. The maximum atomic E-state index is 12.8. The molecule has 1 aliphatic rings. The van der Waals surface area contributed by atoms with Gasteiger partial charge in [-0.25, -0.2) is 0 Å². The highest BCUT2D eigenvalue weighted by Gasteiger charge is 2.22. The fourth-order valence-electron chi connectivity index (χ4n) is 3.24. The summed E-state index contributed by atoms with van der Waals surface area (Å²) < 4.78 is 11.4. The van der Waals surface area contributed by atoms with Gasteiger partial charge in [0, 0.05) is 29.9 Å². The number of carbonyl (C=O) groups excluding carboxylic acids is 2. The van der Waals surface area contributed by atoms with Crippen LogP contribution in [0.25, 0.3) is 0 Å². The summed E-state index contributed by atoms with van der Waals surface area (Å²) in [5.41, 5.74) is 1.94. The fraction of sp³-hybridized carbons (Fsp3) is 0.391. The molecule has 0 aromatic heterocycles. The number of ether oxygens (including phenoxy) is 2. The summed E-state index contributed by atoms with van der Waals surface area (Å²) in [5, 5.41) is 2.90. The topological polar surface area (TPSA) is 67.9 Å². The van der Waals surface area contributed by atoms with E-state index in [2.05, 4.69) is 12.2 Å². The van der Waals surface area contributed by atoms with Crippen molar-refractivity contribution in [3.05, 3.63) is 48.0 Å². The van der Waals surface area contributed by atoms with E-state index in [9.17, 15) is 9.59 Å². The number of hydrogen-bond donors (Lipinski definition) is 1. The third-order valence-electron chi connectivity index (χ3n) is 4.75. The minimum absolute atomic E-state index is 0.119. The van der Waals surface area contributed by atoms with Crippen molar-refractivity contribution in [2.45, 2.75) is 39.5 Å². The van der Waals surface area contributed by atoms with E-state index in [1.807, 2.05) is 31.2 Å². The van der Waals surface area contributed by atoms with Crippen molar-refractivity contribution < 1.29 is 19.1 Å². The molecule has 0 bridgehead atoms. The maximum Gasteiger partial charge on any atom is 0.255 e. The molecule has 2 amide bonds. The summed E-state index contributed by atoms with van der Waals surface area (Å²) in [7, 11) is 0. The van der Waals surface area contributed by atoms with Gasteiger partial charge in [-0.15, -0.1) is 0 Å². The van der Waals surface area contributed by atoms with Gasteiger partial charge in [0.1, 0.15) is 0 Å². The monoisotopic (exact) mass is 396 g/mol. The number of nitrogens with one attached hydrogen (secondary N) is 1. The Morgan fingerprint density at radius 1 is 1.10 bits per heavy atom. The molecule has 29 heavy (non-hydrogen) atoms. The Hall–Kier alpha value is -3.02. The molecule has 0 aliphatic carbocycles. The van der Waals surface area contributed by atoms with Crippen molar-refractivity contribution in [2.24, 2.45) is 0 Å². The molecule has 6 heteroatoms. The van der Waals surface area contributed by atoms with Crippen LogP contribution >= 0.6 is 0 Å². The van der Waals surface area contributed by atoms with Crippen LogP contribution in [0.1, 0.15) is 49.9 Å². The molecule has 1 saturated heterocycles. The van der Waals surface area contributed by atoms with Gasteiger partial charge in [0.15, 0.2) is 11.5 Å². The summed E-state index contributed by atoms with van der Waals surface area (Å²) >= 11 is 0. The van der Waals surface area contributed by atoms with Crippen molar-refractivity contribution in [3.63, 3.8) is 0 Å². The minimum Gasteiger partial charge on any atom is -0.490 e. The number of benzene rings is 2. The molecule has 0 atom stereocenters. The lowest BCUT2D eigenvalue weighted by Crippen LogP contribution is -2.23. The molecule has 1 N–H and O–H groups in total. The molecular formula is C23H28N2O4. The van der Waals surface area contributed by atoms with Crippen molar-refractivity contribution >= 4 is 23.2 Å². The van der Waals surface area contributed by atoms with Crippen LogP contribution in [0.15, 0.2) is 42.5 Å². The lowest BCUT2D eigenvalue weighted by atomic mass is 10.1. The number of carbonyl (C=O) groups is 2. The normalized spacial score (nSPS) is 13.4. The minimum atomic E-state index is -0.240. The largest absolute Gasteiger partial charge is 0.490 e. The van der Waals surface area contributed by atoms with Gasteiger partial charge < -0.3 is 19.7 Å². The Labute approximate surface area is 171 Å².